The molecule has 2 aliphatic rings. The van der Waals surface area contributed by atoms with E-state index < -0.39 is 6.04 Å². The van der Waals surface area contributed by atoms with Crippen LogP contribution in [0.4, 0.5) is 17.1 Å². The number of nitrogens with zero attached hydrogens (tertiary/aromatic N) is 2. The molecule has 0 aromatic heterocycles. The number of likely N-dealkylation sites (tertiary alicyclic amines) is 1. The molecule has 2 aromatic carbocycles. The van der Waals surface area contributed by atoms with E-state index in [1.165, 1.54) is 0 Å². The molecule has 1 atom stereocenters. The Morgan fingerprint density at radius 2 is 1.82 bits per heavy atom. The molecule has 0 saturated carbocycles. The summed E-state index contributed by atoms with van der Waals surface area (Å²) < 4.78 is 5.57. The number of carbonyl (C=O) groups is 3. The Morgan fingerprint density at radius 3 is 2.55 bits per heavy atom. The first-order valence-electron chi connectivity index (χ1n) is 11.5. The van der Waals surface area contributed by atoms with E-state index in [2.05, 4.69) is 10.6 Å². The Balaban J connectivity index is 1.47. The molecule has 2 aromatic rings. The summed E-state index contributed by atoms with van der Waals surface area (Å²) in [4.78, 5) is 42.3. The van der Waals surface area contributed by atoms with Gasteiger partial charge in [-0.2, -0.15) is 0 Å². The van der Waals surface area contributed by atoms with Crippen molar-refractivity contribution < 1.29 is 19.1 Å². The molecule has 2 aliphatic heterocycles. The summed E-state index contributed by atoms with van der Waals surface area (Å²) in [6, 6.07) is 13.7. The van der Waals surface area contributed by atoms with Crippen LogP contribution in [0, 0.1) is 0 Å². The van der Waals surface area contributed by atoms with Gasteiger partial charge in [-0.1, -0.05) is 19.1 Å². The number of carbonyl (C=O) groups excluding carboxylic acids is 3. The summed E-state index contributed by atoms with van der Waals surface area (Å²) in [7, 11) is 0. The summed E-state index contributed by atoms with van der Waals surface area (Å²) in [6.07, 6.45) is 2.84. The zero-order valence-electron chi connectivity index (χ0n) is 18.9. The van der Waals surface area contributed by atoms with Gasteiger partial charge in [-0.25, -0.2) is 0 Å². The molecule has 0 aliphatic carbocycles. The van der Waals surface area contributed by atoms with Crippen LogP contribution < -0.4 is 20.3 Å². The molecule has 0 unspecified atom stereocenters. The number of benzene rings is 2. The van der Waals surface area contributed by atoms with Crippen molar-refractivity contribution in [2.24, 2.45) is 0 Å². The van der Waals surface area contributed by atoms with E-state index in [4.69, 9.17) is 4.74 Å². The smallest absolute Gasteiger partial charge is 0.247 e. The van der Waals surface area contributed by atoms with Gasteiger partial charge in [0.2, 0.25) is 17.7 Å². The van der Waals surface area contributed by atoms with Crippen molar-refractivity contribution >= 4 is 34.8 Å². The van der Waals surface area contributed by atoms with Gasteiger partial charge in [-0.15, -0.1) is 0 Å². The number of fused-ring (bicyclic) bond motifs is 1. The van der Waals surface area contributed by atoms with Crippen LogP contribution in [-0.2, 0) is 14.4 Å². The van der Waals surface area contributed by atoms with Crippen LogP contribution in [0.15, 0.2) is 48.5 Å². The van der Waals surface area contributed by atoms with Crippen LogP contribution in [0.5, 0.6) is 5.75 Å². The number of para-hydroxylation sites is 2. The minimum absolute atomic E-state index is 0.0231. The van der Waals surface area contributed by atoms with Crippen molar-refractivity contribution in [2.45, 2.75) is 38.6 Å². The quantitative estimate of drug-likeness (QED) is 0.644. The summed E-state index contributed by atoms with van der Waals surface area (Å²) in [5, 5.41) is 5.73. The summed E-state index contributed by atoms with van der Waals surface area (Å²) in [6.45, 7) is 4.21. The van der Waals surface area contributed by atoms with Crippen LogP contribution >= 0.6 is 0 Å². The van der Waals surface area contributed by atoms with Crippen LogP contribution in [0.3, 0.4) is 0 Å². The molecule has 8 heteroatoms. The molecular weight excluding hydrogens is 420 g/mol. The fourth-order valence-electron chi connectivity index (χ4n) is 4.21. The summed E-state index contributed by atoms with van der Waals surface area (Å²) in [5.41, 5.74) is 2.02. The lowest BCUT2D eigenvalue weighted by Gasteiger charge is -2.38. The van der Waals surface area contributed by atoms with Crippen molar-refractivity contribution in [1.29, 1.82) is 0 Å². The second-order valence-corrected chi connectivity index (χ2v) is 8.36. The second kappa shape index (κ2) is 10.4. The van der Waals surface area contributed by atoms with Crippen molar-refractivity contribution in [3.8, 4) is 5.75 Å². The van der Waals surface area contributed by atoms with Gasteiger partial charge < -0.3 is 25.2 Å². The topological polar surface area (TPSA) is 91.0 Å². The fraction of sp³-hybridized carbons (Fsp3) is 0.400. The van der Waals surface area contributed by atoms with Gasteiger partial charge in [0.05, 0.1) is 30.9 Å². The first-order valence-corrected chi connectivity index (χ1v) is 11.5. The molecule has 3 amide bonds. The number of rotatable bonds is 8. The Bertz CT molecular complexity index is 1000. The average Bonchev–Trinajstić information content (AvgIpc) is 3.36. The average molecular weight is 451 g/mol. The number of hydrogen-bond donors (Lipinski definition) is 2. The van der Waals surface area contributed by atoms with Gasteiger partial charge in [0.25, 0.3) is 0 Å². The van der Waals surface area contributed by atoms with Crippen LogP contribution in [-0.4, -0.2) is 54.9 Å². The van der Waals surface area contributed by atoms with E-state index in [1.807, 2.05) is 30.0 Å². The normalized spacial score (nSPS) is 17.4. The highest BCUT2D eigenvalue weighted by Crippen LogP contribution is 2.33. The molecule has 2 N–H and O–H groups in total. The van der Waals surface area contributed by atoms with Crippen molar-refractivity contribution in [1.82, 2.24) is 4.90 Å². The predicted octanol–water partition coefficient (Wildman–Crippen LogP) is 3.25. The van der Waals surface area contributed by atoms with E-state index in [1.54, 1.807) is 35.2 Å². The Hall–Kier alpha value is -3.55. The number of nitrogens with one attached hydrogen (secondary N) is 2. The molecule has 0 bridgehead atoms. The third-order valence-electron chi connectivity index (χ3n) is 5.90. The minimum Gasteiger partial charge on any atom is -0.494 e. The zero-order valence-corrected chi connectivity index (χ0v) is 18.9. The van der Waals surface area contributed by atoms with E-state index >= 15 is 0 Å². The largest absolute Gasteiger partial charge is 0.494 e. The highest BCUT2D eigenvalue weighted by Gasteiger charge is 2.36. The maximum atomic E-state index is 12.9. The standard InChI is InChI=1S/C25H30N4O4/c1-2-15-33-19-11-9-18(10-12-19)26-23(30)16-22-25(32)27-20-7-3-4-8-21(20)29(22)17-24(31)28-13-5-6-14-28/h3-4,7-12,22H,2,5-6,13-17H2,1H3,(H,26,30)(H,27,32)/t22-/m1/s1. The fourth-order valence-corrected chi connectivity index (χ4v) is 4.21. The number of anilines is 3. The van der Waals surface area contributed by atoms with E-state index in [0.717, 1.165) is 43.8 Å². The van der Waals surface area contributed by atoms with E-state index in [0.29, 0.717) is 18.0 Å². The molecule has 174 valence electrons. The van der Waals surface area contributed by atoms with Gasteiger partial charge in [0.1, 0.15) is 11.8 Å². The highest BCUT2D eigenvalue weighted by molar-refractivity contribution is 6.07. The van der Waals surface area contributed by atoms with Crippen LogP contribution in [0.25, 0.3) is 0 Å². The molecule has 1 saturated heterocycles. The zero-order chi connectivity index (χ0) is 23.2. The molecule has 2 heterocycles. The molecule has 4 rings (SSSR count). The first kappa shape index (κ1) is 22.6. The van der Waals surface area contributed by atoms with Gasteiger partial charge in [0.15, 0.2) is 0 Å². The van der Waals surface area contributed by atoms with Crippen molar-refractivity contribution in [2.75, 3.05) is 41.8 Å². The summed E-state index contributed by atoms with van der Waals surface area (Å²) >= 11 is 0. The minimum atomic E-state index is -0.779. The lowest BCUT2D eigenvalue weighted by molar-refractivity contribution is -0.129. The molecule has 0 spiro atoms. The Morgan fingerprint density at radius 1 is 1.09 bits per heavy atom. The highest BCUT2D eigenvalue weighted by atomic mass is 16.5. The predicted molar refractivity (Wildman–Crippen MR) is 127 cm³/mol. The second-order valence-electron chi connectivity index (χ2n) is 8.36. The van der Waals surface area contributed by atoms with Gasteiger partial charge in [0, 0.05) is 18.8 Å². The van der Waals surface area contributed by atoms with Crippen LogP contribution in [0.2, 0.25) is 0 Å². The Kier molecular flexibility index (Phi) is 7.12. The third kappa shape index (κ3) is 5.45. The molecule has 0 radical (unpaired) electrons. The monoisotopic (exact) mass is 450 g/mol. The lowest BCUT2D eigenvalue weighted by Crippen LogP contribution is -2.53. The number of amides is 3. The molecule has 8 nitrogen and oxygen atoms in total. The SMILES string of the molecule is CCCOc1ccc(NC(=O)C[C@@H]2C(=O)Nc3ccccc3N2CC(=O)N2CCCC2)cc1. The maximum absolute atomic E-state index is 12.9. The first-order chi connectivity index (χ1) is 16.0. The van der Waals surface area contributed by atoms with Gasteiger partial charge in [-0.05, 0) is 55.7 Å². The van der Waals surface area contributed by atoms with Gasteiger partial charge in [-0.3, -0.25) is 14.4 Å². The maximum Gasteiger partial charge on any atom is 0.247 e. The molecule has 33 heavy (non-hydrogen) atoms. The van der Waals surface area contributed by atoms with Crippen molar-refractivity contribution in [3.63, 3.8) is 0 Å². The van der Waals surface area contributed by atoms with Crippen molar-refractivity contribution in [3.05, 3.63) is 48.5 Å². The summed E-state index contributed by atoms with van der Waals surface area (Å²) in [5.74, 6) is 0.131. The lowest BCUT2D eigenvalue weighted by atomic mass is 10.0. The van der Waals surface area contributed by atoms with Crippen LogP contribution in [0.1, 0.15) is 32.6 Å². The number of hydrogen-bond acceptors (Lipinski definition) is 5. The molecule has 1 fully saturated rings. The third-order valence-corrected chi connectivity index (χ3v) is 5.90. The number of ether oxygens (including phenoxy) is 1. The Labute approximate surface area is 193 Å². The molecular formula is C25H30N4O4. The van der Waals surface area contributed by atoms with Gasteiger partial charge >= 0.3 is 0 Å². The van der Waals surface area contributed by atoms with E-state index in [-0.39, 0.29) is 30.7 Å². The van der Waals surface area contributed by atoms with E-state index in [9.17, 15) is 14.4 Å².